The van der Waals surface area contributed by atoms with Gasteiger partial charge in [-0.25, -0.2) is 4.79 Å². The smallest absolute Gasteiger partial charge is 0.404 e. The van der Waals surface area contributed by atoms with Gasteiger partial charge in [0.25, 0.3) is 0 Å². The van der Waals surface area contributed by atoms with E-state index in [1.54, 1.807) is 13.2 Å². The van der Waals surface area contributed by atoms with E-state index in [1.165, 1.54) is 4.90 Å². The first-order valence-corrected chi connectivity index (χ1v) is 12.8. The molecule has 206 valence electrons. The van der Waals surface area contributed by atoms with Gasteiger partial charge in [0.2, 0.25) is 17.7 Å². The Morgan fingerprint density at radius 2 is 1.78 bits per heavy atom. The molecule has 1 aliphatic rings. The van der Waals surface area contributed by atoms with Crippen molar-refractivity contribution in [1.82, 2.24) is 20.9 Å². The third kappa shape index (κ3) is 11.0. The molecule has 0 fully saturated rings. The first-order chi connectivity index (χ1) is 17.7. The number of carboxylic acid groups (broad SMARTS) is 1. The van der Waals surface area contributed by atoms with Crippen LogP contribution in [-0.2, 0) is 20.8 Å². The summed E-state index contributed by atoms with van der Waals surface area (Å²) in [5.41, 5.74) is 0.882. The number of nitrogens with one attached hydrogen (secondary N) is 3. The van der Waals surface area contributed by atoms with Gasteiger partial charge in [0.1, 0.15) is 18.1 Å². The molecule has 0 saturated heterocycles. The maximum Gasteiger partial charge on any atom is 0.404 e. The van der Waals surface area contributed by atoms with Gasteiger partial charge in [-0.1, -0.05) is 26.7 Å². The first-order valence-electron chi connectivity index (χ1n) is 12.8. The highest BCUT2D eigenvalue weighted by Crippen LogP contribution is 2.30. The van der Waals surface area contributed by atoms with Crippen molar-refractivity contribution >= 4 is 23.8 Å². The molecule has 0 saturated carbocycles. The maximum absolute atomic E-state index is 12.8. The Balaban J connectivity index is 1.75. The Hall–Kier alpha value is -3.50. The van der Waals surface area contributed by atoms with Gasteiger partial charge in [-0.15, -0.1) is 0 Å². The molecule has 1 unspecified atom stereocenters. The van der Waals surface area contributed by atoms with Crippen LogP contribution in [0, 0.1) is 11.8 Å². The van der Waals surface area contributed by atoms with Gasteiger partial charge >= 0.3 is 6.09 Å². The fourth-order valence-corrected chi connectivity index (χ4v) is 4.04. The maximum atomic E-state index is 12.8. The number of carbonyl (C=O) groups is 4. The average molecular weight is 521 g/mol. The first kappa shape index (κ1) is 29.7. The van der Waals surface area contributed by atoms with Crippen LogP contribution in [0.15, 0.2) is 18.2 Å². The van der Waals surface area contributed by atoms with Crippen LogP contribution in [0.5, 0.6) is 11.5 Å². The molecule has 1 aliphatic heterocycles. The minimum atomic E-state index is -1.03. The molecular weight excluding hydrogens is 480 g/mol. The molecule has 0 radical (unpaired) electrons. The van der Waals surface area contributed by atoms with Crippen molar-refractivity contribution in [2.45, 2.75) is 46.0 Å². The number of benzene rings is 1. The molecule has 0 spiro atoms. The predicted molar refractivity (Wildman–Crippen MR) is 138 cm³/mol. The third-order valence-corrected chi connectivity index (χ3v) is 5.93. The second-order valence-corrected chi connectivity index (χ2v) is 9.57. The highest BCUT2D eigenvalue weighted by atomic mass is 16.5. The number of hydrogen-bond donors (Lipinski definition) is 4. The normalized spacial score (nSPS) is 14.2. The van der Waals surface area contributed by atoms with Crippen LogP contribution in [0.1, 0.15) is 45.1 Å². The number of rotatable bonds is 15. The highest BCUT2D eigenvalue weighted by molar-refractivity contribution is 5.89. The molecule has 0 aromatic heterocycles. The lowest BCUT2D eigenvalue weighted by molar-refractivity contribution is -0.137. The van der Waals surface area contributed by atoms with Crippen molar-refractivity contribution in [3.05, 3.63) is 23.8 Å². The summed E-state index contributed by atoms with van der Waals surface area (Å²) < 4.78 is 11.0. The summed E-state index contributed by atoms with van der Waals surface area (Å²) in [4.78, 5) is 49.9. The number of ether oxygens (including phenoxy) is 2. The Bertz CT molecular complexity index is 922. The van der Waals surface area contributed by atoms with Gasteiger partial charge < -0.3 is 35.4 Å². The van der Waals surface area contributed by atoms with Gasteiger partial charge in [-0.3, -0.25) is 14.4 Å². The minimum absolute atomic E-state index is 0.0743. The fourth-order valence-electron chi connectivity index (χ4n) is 4.04. The Morgan fingerprint density at radius 3 is 2.43 bits per heavy atom. The van der Waals surface area contributed by atoms with Crippen LogP contribution >= 0.6 is 0 Å². The fraction of sp³-hybridized carbons (Fsp3) is 0.615. The van der Waals surface area contributed by atoms with Gasteiger partial charge in [-0.05, 0) is 48.9 Å². The van der Waals surface area contributed by atoms with Crippen LogP contribution in [0.25, 0.3) is 0 Å². The number of methoxy groups -OCH3 is 1. The third-order valence-electron chi connectivity index (χ3n) is 5.93. The van der Waals surface area contributed by atoms with Crippen molar-refractivity contribution in [2.75, 3.05) is 46.4 Å². The number of hydrogen-bond acceptors (Lipinski definition) is 6. The molecule has 2 rings (SSSR count). The minimum Gasteiger partial charge on any atom is -0.497 e. The number of amides is 4. The summed E-state index contributed by atoms with van der Waals surface area (Å²) in [6.45, 7) is 5.19. The zero-order valence-corrected chi connectivity index (χ0v) is 22.0. The Morgan fingerprint density at radius 1 is 1.08 bits per heavy atom. The lowest BCUT2D eigenvalue weighted by atomic mass is 9.96. The van der Waals surface area contributed by atoms with Gasteiger partial charge in [0.05, 0.1) is 26.1 Å². The van der Waals surface area contributed by atoms with E-state index in [0.717, 1.165) is 37.0 Å². The van der Waals surface area contributed by atoms with Crippen molar-refractivity contribution in [1.29, 1.82) is 0 Å². The summed E-state index contributed by atoms with van der Waals surface area (Å²) in [6, 6.07) is 5.47. The van der Waals surface area contributed by atoms with Gasteiger partial charge in [0, 0.05) is 19.6 Å². The monoisotopic (exact) mass is 520 g/mol. The summed E-state index contributed by atoms with van der Waals surface area (Å²) in [6.07, 6.45) is 2.70. The molecule has 11 nitrogen and oxygen atoms in total. The standard InChI is InChI=1S/C26H40N4O7/c1-18(2)15-30(16-23(31)27-10-6-4-5-7-11-28-26(34)35)24(32)14-29-25(33)20-12-19-13-21(36-3)8-9-22(19)37-17-20/h8-9,13,18,20,28H,4-7,10-12,14-17H2,1-3H3,(H,27,31)(H,29,33)(H,34,35). The quantitative estimate of drug-likeness (QED) is 0.258. The van der Waals surface area contributed by atoms with Crippen LogP contribution in [0.3, 0.4) is 0 Å². The molecule has 37 heavy (non-hydrogen) atoms. The van der Waals surface area contributed by atoms with E-state index in [1.807, 2.05) is 26.0 Å². The highest BCUT2D eigenvalue weighted by Gasteiger charge is 2.27. The van der Waals surface area contributed by atoms with E-state index < -0.39 is 12.0 Å². The predicted octanol–water partition coefficient (Wildman–Crippen LogP) is 1.79. The zero-order valence-electron chi connectivity index (χ0n) is 22.0. The van der Waals surface area contributed by atoms with E-state index in [4.69, 9.17) is 14.6 Å². The van der Waals surface area contributed by atoms with Crippen LogP contribution in [-0.4, -0.2) is 80.3 Å². The van der Waals surface area contributed by atoms with E-state index in [-0.39, 0.29) is 43.3 Å². The van der Waals surface area contributed by atoms with Gasteiger partial charge in [0.15, 0.2) is 0 Å². The van der Waals surface area contributed by atoms with Gasteiger partial charge in [-0.2, -0.15) is 0 Å². The molecule has 1 heterocycles. The second kappa shape index (κ2) is 15.6. The van der Waals surface area contributed by atoms with Crippen LogP contribution < -0.4 is 25.4 Å². The Labute approximate surface area is 218 Å². The van der Waals surface area contributed by atoms with Crippen molar-refractivity contribution in [3.8, 4) is 11.5 Å². The molecule has 4 N–H and O–H groups in total. The average Bonchev–Trinajstić information content (AvgIpc) is 2.86. The van der Waals surface area contributed by atoms with Crippen molar-refractivity contribution in [3.63, 3.8) is 0 Å². The molecule has 11 heteroatoms. The van der Waals surface area contributed by atoms with E-state index in [0.29, 0.717) is 31.8 Å². The SMILES string of the molecule is COc1ccc2c(c1)CC(C(=O)NCC(=O)N(CC(=O)NCCCCCCNC(=O)O)CC(C)C)CO2. The summed E-state index contributed by atoms with van der Waals surface area (Å²) >= 11 is 0. The number of nitrogens with zero attached hydrogens (tertiary/aromatic N) is 1. The summed E-state index contributed by atoms with van der Waals surface area (Å²) in [5, 5.41) is 16.4. The summed E-state index contributed by atoms with van der Waals surface area (Å²) in [5.74, 6) is 0.314. The number of carbonyl (C=O) groups excluding carboxylic acids is 3. The van der Waals surface area contributed by atoms with Crippen molar-refractivity contribution in [2.24, 2.45) is 11.8 Å². The molecule has 1 aromatic rings. The lowest BCUT2D eigenvalue weighted by Gasteiger charge is -2.26. The van der Waals surface area contributed by atoms with Crippen LogP contribution in [0.4, 0.5) is 4.79 Å². The molecule has 1 aromatic carbocycles. The van der Waals surface area contributed by atoms with E-state index >= 15 is 0 Å². The Kier molecular flexibility index (Phi) is 12.5. The number of unbranched alkanes of at least 4 members (excludes halogenated alkanes) is 3. The second-order valence-electron chi connectivity index (χ2n) is 9.57. The summed E-state index contributed by atoms with van der Waals surface area (Å²) in [7, 11) is 1.58. The van der Waals surface area contributed by atoms with Crippen molar-refractivity contribution < 1.29 is 33.8 Å². The van der Waals surface area contributed by atoms with Crippen LogP contribution in [0.2, 0.25) is 0 Å². The molecule has 0 bridgehead atoms. The van der Waals surface area contributed by atoms with E-state index in [2.05, 4.69) is 16.0 Å². The molecule has 1 atom stereocenters. The largest absolute Gasteiger partial charge is 0.497 e. The van der Waals surface area contributed by atoms with E-state index in [9.17, 15) is 19.2 Å². The lowest BCUT2D eigenvalue weighted by Crippen LogP contribution is -2.48. The molecule has 0 aliphatic carbocycles. The zero-order chi connectivity index (χ0) is 27.2. The molecular formula is C26H40N4O7. The topological polar surface area (TPSA) is 146 Å². The molecule has 4 amide bonds. The number of fused-ring (bicyclic) bond motifs is 1.